The van der Waals surface area contributed by atoms with E-state index in [4.69, 9.17) is 34.3 Å². The number of alkyl halides is 2. The molecule has 0 aliphatic heterocycles. The highest BCUT2D eigenvalue weighted by Crippen LogP contribution is 2.20. The molecular weight excluding hydrogens is 779 g/mol. The number of hydrogen-bond acceptors (Lipinski definition) is 9. The number of nitrogens with zero attached hydrogens (tertiary/aromatic N) is 7. The van der Waals surface area contributed by atoms with Gasteiger partial charge in [0.05, 0.1) is 17.2 Å². The average molecular weight is 822 g/mol. The molecule has 0 aliphatic carbocycles. The fourth-order valence-electron chi connectivity index (χ4n) is 5.75. The van der Waals surface area contributed by atoms with E-state index in [1.165, 1.54) is 45.3 Å². The van der Waals surface area contributed by atoms with Crippen LogP contribution in [0, 0.1) is 5.41 Å². The molecule has 5 amide bonds. The highest BCUT2D eigenvalue weighted by molar-refractivity contribution is 6.18. The Labute approximate surface area is 337 Å². The van der Waals surface area contributed by atoms with Gasteiger partial charge in [0.15, 0.2) is 11.6 Å². The van der Waals surface area contributed by atoms with Gasteiger partial charge in [-0.15, -0.1) is 23.2 Å². The second-order valence-electron chi connectivity index (χ2n) is 12.8. The lowest BCUT2D eigenvalue weighted by Gasteiger charge is -2.22. The van der Waals surface area contributed by atoms with E-state index in [0.29, 0.717) is 47.5 Å². The van der Waals surface area contributed by atoms with E-state index >= 15 is 0 Å². The molecule has 5 rings (SSSR count). The molecule has 0 atom stereocenters. The van der Waals surface area contributed by atoms with E-state index in [2.05, 4.69) is 36.7 Å². The topological polar surface area (TPSA) is 244 Å². The van der Waals surface area contributed by atoms with Gasteiger partial charge < -0.3 is 50.9 Å². The molecular formula is C36H42Cl2N14O5. The number of carbonyl (C=O) groups is 5. The van der Waals surface area contributed by atoms with E-state index in [9.17, 15) is 24.0 Å². The molecule has 21 heteroatoms. The van der Waals surface area contributed by atoms with Crippen molar-refractivity contribution in [1.82, 2.24) is 33.8 Å². The second-order valence-corrected chi connectivity index (χ2v) is 13.6. The summed E-state index contributed by atoms with van der Waals surface area (Å²) in [6.07, 6.45) is 4.84. The monoisotopic (exact) mass is 820 g/mol. The third-order valence-electron chi connectivity index (χ3n) is 8.55. The number of rotatable bonds is 17. The predicted molar refractivity (Wildman–Crippen MR) is 218 cm³/mol. The van der Waals surface area contributed by atoms with Crippen molar-refractivity contribution in [1.29, 1.82) is 5.41 Å². The zero-order valence-electron chi connectivity index (χ0n) is 31.5. The van der Waals surface area contributed by atoms with E-state index in [0.717, 1.165) is 5.69 Å². The molecule has 1 aromatic carbocycles. The van der Waals surface area contributed by atoms with Gasteiger partial charge in [0.2, 0.25) is 5.82 Å². The molecule has 8 N–H and O–H groups in total. The number of halogens is 2. The first-order valence-corrected chi connectivity index (χ1v) is 18.5. The number of aryl methyl sites for hydroxylation is 4. The third-order valence-corrected chi connectivity index (χ3v) is 8.89. The van der Waals surface area contributed by atoms with Crippen molar-refractivity contribution in [3.05, 3.63) is 89.5 Å². The maximum Gasteiger partial charge on any atom is 0.292 e. The summed E-state index contributed by atoms with van der Waals surface area (Å²) in [6.45, 7) is 1.42. The molecule has 0 saturated heterocycles. The fourth-order valence-corrected chi connectivity index (χ4v) is 6.15. The van der Waals surface area contributed by atoms with Crippen LogP contribution >= 0.6 is 23.2 Å². The van der Waals surface area contributed by atoms with Gasteiger partial charge in [-0.2, -0.15) is 5.10 Å². The fraction of sp³-hybridized carbons (Fsp3) is 0.278. The van der Waals surface area contributed by atoms with E-state index in [-0.39, 0.29) is 53.6 Å². The first-order valence-electron chi connectivity index (χ1n) is 17.4. The molecule has 0 aliphatic rings. The van der Waals surface area contributed by atoms with Gasteiger partial charge in [0.1, 0.15) is 17.1 Å². The Morgan fingerprint density at radius 2 is 1.26 bits per heavy atom. The molecule has 4 aromatic heterocycles. The van der Waals surface area contributed by atoms with E-state index in [1.54, 1.807) is 62.4 Å². The average Bonchev–Trinajstić information content (AvgIpc) is 3.92. The van der Waals surface area contributed by atoms with Crippen molar-refractivity contribution in [2.45, 2.75) is 6.42 Å². The minimum absolute atomic E-state index is 0.0233. The van der Waals surface area contributed by atoms with Crippen LogP contribution in [-0.4, -0.2) is 95.2 Å². The highest BCUT2D eigenvalue weighted by atomic mass is 35.5. The quantitative estimate of drug-likeness (QED) is 0.0413. The Hall–Kier alpha value is -6.60. The van der Waals surface area contributed by atoms with Crippen LogP contribution in [0.3, 0.4) is 0 Å². The van der Waals surface area contributed by atoms with E-state index < -0.39 is 23.6 Å². The molecule has 0 spiro atoms. The van der Waals surface area contributed by atoms with Gasteiger partial charge in [-0.1, -0.05) is 0 Å². The summed E-state index contributed by atoms with van der Waals surface area (Å²) in [5, 5.41) is 25.0. The summed E-state index contributed by atoms with van der Waals surface area (Å²) in [5.74, 6) is -1.48. The zero-order valence-corrected chi connectivity index (χ0v) is 33.0. The Bertz CT molecular complexity index is 2300. The number of aromatic nitrogens is 6. The zero-order chi connectivity index (χ0) is 41.4. The SMILES string of the molecule is Cn1cc(NC(=O)c2cc(NC(=O)c3cc(NC(=O)c4nc(NC(=O)c5ccc(N(CCCl)CCCl)cc5)cn4C)nn3C)cn2C)cc1C(=O)NCCC(=N)N. The second kappa shape index (κ2) is 18.4. The van der Waals surface area contributed by atoms with Crippen molar-refractivity contribution in [3.63, 3.8) is 0 Å². The number of carbonyl (C=O) groups excluding carboxylic acids is 5. The van der Waals surface area contributed by atoms with Crippen LogP contribution in [-0.2, 0) is 28.2 Å². The third kappa shape index (κ3) is 10.4. The summed E-state index contributed by atoms with van der Waals surface area (Å²) in [5.41, 5.74) is 7.90. The van der Waals surface area contributed by atoms with Gasteiger partial charge in [-0.05, 0) is 36.4 Å². The molecule has 19 nitrogen and oxygen atoms in total. The molecule has 5 aromatic rings. The number of nitrogens with two attached hydrogens (primary N) is 1. The molecule has 0 bridgehead atoms. The number of imidazole rings is 1. The van der Waals surface area contributed by atoms with Gasteiger partial charge in [0, 0.05) is 102 Å². The van der Waals surface area contributed by atoms with Crippen LogP contribution in [0.15, 0.2) is 61.1 Å². The first-order chi connectivity index (χ1) is 27.2. The molecule has 0 saturated carbocycles. The maximum absolute atomic E-state index is 13.3. The van der Waals surface area contributed by atoms with Crippen LogP contribution in [0.25, 0.3) is 0 Å². The first kappa shape index (κ1) is 41.6. The largest absolute Gasteiger partial charge is 0.388 e. The molecule has 4 heterocycles. The summed E-state index contributed by atoms with van der Waals surface area (Å²) >= 11 is 11.8. The Kier molecular flexibility index (Phi) is 13.4. The molecule has 57 heavy (non-hydrogen) atoms. The van der Waals surface area contributed by atoms with Crippen molar-refractivity contribution < 1.29 is 24.0 Å². The van der Waals surface area contributed by atoms with Crippen LogP contribution < -0.4 is 37.2 Å². The van der Waals surface area contributed by atoms with Crippen LogP contribution in [0.1, 0.15) is 58.9 Å². The van der Waals surface area contributed by atoms with Gasteiger partial charge in [-0.25, -0.2) is 4.98 Å². The molecule has 300 valence electrons. The maximum atomic E-state index is 13.3. The number of amidine groups is 1. The van der Waals surface area contributed by atoms with E-state index in [1.807, 2.05) is 4.90 Å². The molecule has 0 fully saturated rings. The number of anilines is 5. The lowest BCUT2D eigenvalue weighted by Crippen LogP contribution is -2.28. The highest BCUT2D eigenvalue weighted by Gasteiger charge is 2.22. The lowest BCUT2D eigenvalue weighted by atomic mass is 10.2. The predicted octanol–water partition coefficient (Wildman–Crippen LogP) is 3.18. The Morgan fingerprint density at radius 1 is 0.702 bits per heavy atom. The summed E-state index contributed by atoms with van der Waals surface area (Å²) < 4.78 is 5.80. The van der Waals surface area contributed by atoms with Gasteiger partial charge >= 0.3 is 0 Å². The summed E-state index contributed by atoms with van der Waals surface area (Å²) in [6, 6.07) is 11.3. The smallest absolute Gasteiger partial charge is 0.292 e. The molecule has 0 radical (unpaired) electrons. The standard InChI is InChI=1S/C36H42Cl2N14O5/c1-48-18-22(15-25(48)33(54)41-12-9-28(39)40)42-34(55)26-16-23(19-49(26)2)43-35(56)27-17-29(47-51(27)4)45-36(57)31-44-30(20-50(31)3)46-32(53)21-5-7-24(8-6-21)52(13-10-37)14-11-38/h5-8,15-20H,9-14H2,1-4H3,(H3,39,40)(H,41,54)(H,42,55)(H,43,56)(H,46,53)(H,45,47,57). The number of hydrogen-bond donors (Lipinski definition) is 7. The minimum Gasteiger partial charge on any atom is -0.388 e. The normalized spacial score (nSPS) is 10.8. The number of benzene rings is 1. The van der Waals surface area contributed by atoms with Crippen LogP contribution in [0.5, 0.6) is 0 Å². The van der Waals surface area contributed by atoms with Crippen molar-refractivity contribution in [2.24, 2.45) is 33.9 Å². The van der Waals surface area contributed by atoms with Crippen LogP contribution in [0.4, 0.5) is 28.7 Å². The number of nitrogens with one attached hydrogen (secondary N) is 6. The number of amides is 5. The summed E-state index contributed by atoms with van der Waals surface area (Å²) in [7, 11) is 6.41. The van der Waals surface area contributed by atoms with Gasteiger partial charge in [0.25, 0.3) is 29.5 Å². The van der Waals surface area contributed by atoms with Crippen LogP contribution in [0.2, 0.25) is 0 Å². The van der Waals surface area contributed by atoms with Gasteiger partial charge in [-0.3, -0.25) is 34.1 Å². The summed E-state index contributed by atoms with van der Waals surface area (Å²) in [4.78, 5) is 71.4. The van der Waals surface area contributed by atoms with Crippen molar-refractivity contribution >= 4 is 87.3 Å². The lowest BCUT2D eigenvalue weighted by molar-refractivity contribution is 0.0943. The minimum atomic E-state index is -0.635. The van der Waals surface area contributed by atoms with Crippen molar-refractivity contribution in [3.8, 4) is 0 Å². The Morgan fingerprint density at radius 3 is 1.84 bits per heavy atom. The van der Waals surface area contributed by atoms with Crippen molar-refractivity contribution in [2.75, 3.05) is 57.6 Å². The molecule has 0 unspecified atom stereocenters. The Balaban J connectivity index is 1.17.